The third-order valence-electron chi connectivity index (χ3n) is 4.58. The van der Waals surface area contributed by atoms with Crippen molar-refractivity contribution < 1.29 is 19.0 Å². The van der Waals surface area contributed by atoms with E-state index in [0.29, 0.717) is 45.1 Å². The fourth-order valence-corrected chi connectivity index (χ4v) is 3.24. The zero-order chi connectivity index (χ0) is 22.5. The van der Waals surface area contributed by atoms with Crippen LogP contribution >= 0.6 is 11.6 Å². The van der Waals surface area contributed by atoms with Crippen molar-refractivity contribution in [3.63, 3.8) is 0 Å². The molecule has 0 aliphatic carbocycles. The molecule has 0 unspecified atom stereocenters. The molecule has 1 heterocycles. The van der Waals surface area contributed by atoms with Crippen molar-refractivity contribution in [1.82, 2.24) is 9.97 Å². The van der Waals surface area contributed by atoms with Crippen molar-refractivity contribution in [3.8, 4) is 11.5 Å². The average molecular weight is 444 g/mol. The summed E-state index contributed by atoms with van der Waals surface area (Å²) in [7, 11) is 6.12. The number of esters is 1. The molecule has 0 saturated carbocycles. The number of carbonyl (C=O) groups excluding carboxylic acids is 1. The van der Waals surface area contributed by atoms with E-state index in [1.54, 1.807) is 48.3 Å². The van der Waals surface area contributed by atoms with Crippen LogP contribution in [0.1, 0.15) is 10.4 Å². The van der Waals surface area contributed by atoms with Crippen LogP contribution in [0.15, 0.2) is 42.7 Å². The topological polar surface area (TPSA) is 112 Å². The molecule has 3 rings (SSSR count). The molecule has 10 heteroatoms. The summed E-state index contributed by atoms with van der Waals surface area (Å²) < 4.78 is 15.5. The smallest absolute Gasteiger partial charge is 0.339 e. The van der Waals surface area contributed by atoms with E-state index in [1.807, 2.05) is 0 Å². The lowest BCUT2D eigenvalue weighted by Gasteiger charge is -2.23. The Morgan fingerprint density at radius 2 is 1.81 bits per heavy atom. The maximum atomic E-state index is 12.2. The molecule has 3 aromatic rings. The van der Waals surface area contributed by atoms with Gasteiger partial charge in [-0.15, -0.1) is 0 Å². The van der Waals surface area contributed by atoms with Gasteiger partial charge in [0.05, 0.1) is 43.3 Å². The third-order valence-corrected chi connectivity index (χ3v) is 4.87. The maximum Gasteiger partial charge on any atom is 0.339 e. The summed E-state index contributed by atoms with van der Waals surface area (Å²) in [5.41, 5.74) is 8.13. The molecule has 31 heavy (non-hydrogen) atoms. The molecule has 0 amide bonds. The molecule has 3 N–H and O–H groups in total. The molecule has 0 spiro atoms. The first-order chi connectivity index (χ1) is 14.9. The van der Waals surface area contributed by atoms with Gasteiger partial charge in [-0.05, 0) is 18.2 Å². The third kappa shape index (κ3) is 4.41. The predicted molar refractivity (Wildman–Crippen MR) is 120 cm³/mol. The van der Waals surface area contributed by atoms with Crippen LogP contribution in [0.2, 0.25) is 5.02 Å². The molecular formula is C21H22ClN5O4. The summed E-state index contributed by atoms with van der Waals surface area (Å²) >= 11 is 6.25. The van der Waals surface area contributed by atoms with Crippen LogP contribution in [0.5, 0.6) is 11.5 Å². The number of para-hydroxylation sites is 1. The standard InChI is InChI=1S/C21H22ClN5O4/c1-27(15-8-6-5-7-12(15)21(28)31-4)20-18(23)19(24-11-25-20)26-14-9-13(22)16(29-2)10-17(14)30-3/h5-11H,23H2,1-4H3,(H,24,25,26). The van der Waals surface area contributed by atoms with E-state index in [1.165, 1.54) is 27.7 Å². The Morgan fingerprint density at radius 3 is 2.48 bits per heavy atom. The zero-order valence-electron chi connectivity index (χ0n) is 17.5. The summed E-state index contributed by atoms with van der Waals surface area (Å²) in [4.78, 5) is 22.4. The number of nitrogens with two attached hydrogens (primary N) is 1. The number of aromatic nitrogens is 2. The minimum Gasteiger partial charge on any atom is -0.495 e. The SMILES string of the molecule is COC(=O)c1ccccc1N(C)c1ncnc(Nc2cc(Cl)c(OC)cc2OC)c1N. The predicted octanol–water partition coefficient (Wildman–Crippen LogP) is 4.03. The first-order valence-corrected chi connectivity index (χ1v) is 9.49. The Balaban J connectivity index is 2.00. The van der Waals surface area contributed by atoms with Crippen LogP contribution < -0.4 is 25.4 Å². The van der Waals surface area contributed by atoms with Crippen molar-refractivity contribution in [2.75, 3.05) is 44.3 Å². The lowest BCUT2D eigenvalue weighted by atomic mass is 10.1. The van der Waals surface area contributed by atoms with E-state index >= 15 is 0 Å². The van der Waals surface area contributed by atoms with Gasteiger partial charge < -0.3 is 30.2 Å². The van der Waals surface area contributed by atoms with Gasteiger partial charge in [-0.25, -0.2) is 14.8 Å². The molecule has 0 radical (unpaired) electrons. The minimum atomic E-state index is -0.467. The van der Waals surface area contributed by atoms with Crippen molar-refractivity contribution >= 4 is 46.3 Å². The van der Waals surface area contributed by atoms with E-state index in [2.05, 4.69) is 15.3 Å². The number of anilines is 5. The lowest BCUT2D eigenvalue weighted by Crippen LogP contribution is -2.18. The van der Waals surface area contributed by atoms with Gasteiger partial charge in [0.2, 0.25) is 0 Å². The summed E-state index contributed by atoms with van der Waals surface area (Å²) in [6, 6.07) is 10.3. The number of rotatable bonds is 7. The number of carbonyl (C=O) groups is 1. The molecule has 0 aliphatic heterocycles. The van der Waals surface area contributed by atoms with Gasteiger partial charge in [-0.2, -0.15) is 0 Å². The molecule has 0 aliphatic rings. The highest BCUT2D eigenvalue weighted by Gasteiger charge is 2.20. The summed E-state index contributed by atoms with van der Waals surface area (Å²) in [6.45, 7) is 0. The molecule has 1 aromatic heterocycles. The number of nitrogen functional groups attached to an aromatic ring is 1. The first kappa shape index (κ1) is 22.0. The van der Waals surface area contributed by atoms with Gasteiger partial charge in [-0.1, -0.05) is 23.7 Å². The molecule has 0 atom stereocenters. The number of nitrogens with zero attached hydrogens (tertiary/aromatic N) is 3. The van der Waals surface area contributed by atoms with Crippen LogP contribution in [0.25, 0.3) is 0 Å². The van der Waals surface area contributed by atoms with Gasteiger partial charge in [0.15, 0.2) is 11.6 Å². The van der Waals surface area contributed by atoms with E-state index in [4.69, 9.17) is 31.5 Å². The molecule has 9 nitrogen and oxygen atoms in total. The van der Waals surface area contributed by atoms with Crippen molar-refractivity contribution in [1.29, 1.82) is 0 Å². The zero-order valence-corrected chi connectivity index (χ0v) is 18.2. The maximum absolute atomic E-state index is 12.2. The molecule has 2 aromatic carbocycles. The highest BCUT2D eigenvalue weighted by atomic mass is 35.5. The molecule has 0 fully saturated rings. The quantitative estimate of drug-likeness (QED) is 0.522. The van der Waals surface area contributed by atoms with E-state index in [0.717, 1.165) is 0 Å². The average Bonchev–Trinajstić information content (AvgIpc) is 2.79. The van der Waals surface area contributed by atoms with Gasteiger partial charge in [0, 0.05) is 13.1 Å². The first-order valence-electron chi connectivity index (χ1n) is 9.11. The number of hydrogen-bond acceptors (Lipinski definition) is 9. The fourth-order valence-electron chi connectivity index (χ4n) is 3.00. The number of ether oxygens (including phenoxy) is 3. The molecular weight excluding hydrogens is 422 g/mol. The van der Waals surface area contributed by atoms with Crippen LogP contribution in [0.4, 0.5) is 28.7 Å². The van der Waals surface area contributed by atoms with Crippen molar-refractivity contribution in [2.45, 2.75) is 0 Å². The lowest BCUT2D eigenvalue weighted by molar-refractivity contribution is 0.0601. The van der Waals surface area contributed by atoms with E-state index in [9.17, 15) is 4.79 Å². The number of halogens is 1. The normalized spacial score (nSPS) is 10.4. The highest BCUT2D eigenvalue weighted by Crippen LogP contribution is 2.39. The Bertz CT molecular complexity index is 1110. The largest absolute Gasteiger partial charge is 0.495 e. The summed E-state index contributed by atoms with van der Waals surface area (Å²) in [5, 5.41) is 3.51. The van der Waals surface area contributed by atoms with Crippen LogP contribution in [0, 0.1) is 0 Å². The summed E-state index contributed by atoms with van der Waals surface area (Å²) in [6.07, 6.45) is 1.36. The van der Waals surface area contributed by atoms with Gasteiger partial charge in [-0.3, -0.25) is 0 Å². The van der Waals surface area contributed by atoms with Crippen LogP contribution in [-0.2, 0) is 4.74 Å². The van der Waals surface area contributed by atoms with Crippen molar-refractivity contribution in [2.24, 2.45) is 0 Å². The second-order valence-corrected chi connectivity index (χ2v) is 6.75. The molecule has 162 valence electrons. The van der Waals surface area contributed by atoms with Crippen LogP contribution in [0.3, 0.4) is 0 Å². The highest BCUT2D eigenvalue weighted by molar-refractivity contribution is 6.32. The van der Waals surface area contributed by atoms with E-state index < -0.39 is 5.97 Å². The number of hydrogen-bond donors (Lipinski definition) is 2. The number of nitrogens with one attached hydrogen (secondary N) is 1. The molecule has 0 saturated heterocycles. The van der Waals surface area contributed by atoms with Crippen LogP contribution in [-0.4, -0.2) is 44.3 Å². The van der Waals surface area contributed by atoms with Gasteiger partial charge >= 0.3 is 5.97 Å². The second-order valence-electron chi connectivity index (χ2n) is 6.34. The fraction of sp³-hybridized carbons (Fsp3) is 0.190. The second kappa shape index (κ2) is 9.40. The molecule has 0 bridgehead atoms. The minimum absolute atomic E-state index is 0.263. The Labute approximate surface area is 184 Å². The van der Waals surface area contributed by atoms with Gasteiger partial charge in [0.25, 0.3) is 0 Å². The van der Waals surface area contributed by atoms with Gasteiger partial charge in [0.1, 0.15) is 23.5 Å². The monoisotopic (exact) mass is 443 g/mol. The Kier molecular flexibility index (Phi) is 6.66. The van der Waals surface area contributed by atoms with Crippen molar-refractivity contribution in [3.05, 3.63) is 53.3 Å². The Hall–Kier alpha value is -3.72. The number of methoxy groups -OCH3 is 3. The van der Waals surface area contributed by atoms with E-state index in [-0.39, 0.29) is 5.69 Å². The Morgan fingerprint density at radius 1 is 1.10 bits per heavy atom. The number of benzene rings is 2. The summed E-state index contributed by atoms with van der Waals surface area (Å²) in [5.74, 6) is 1.23.